The molecule has 2 heteroatoms. The van der Waals surface area contributed by atoms with Crippen molar-refractivity contribution in [2.24, 2.45) is 0 Å². The maximum atomic E-state index is 13.3. The van der Waals surface area contributed by atoms with Gasteiger partial charge in [-0.05, 0) is 18.2 Å². The van der Waals surface area contributed by atoms with Gasteiger partial charge in [-0.2, -0.15) is 0 Å². The predicted molar refractivity (Wildman–Crippen MR) is 66.9 cm³/mol. The summed E-state index contributed by atoms with van der Waals surface area (Å²) in [5.41, 5.74) is 0.963. The van der Waals surface area contributed by atoms with E-state index in [9.17, 15) is 4.39 Å². The van der Waals surface area contributed by atoms with Crippen LogP contribution in [0.15, 0.2) is 48.8 Å². The molecule has 0 amide bonds. The van der Waals surface area contributed by atoms with Crippen LogP contribution in [0.5, 0.6) is 0 Å². The second-order valence-corrected chi connectivity index (χ2v) is 3.49. The first kappa shape index (κ1) is 10.4. The molecule has 16 heavy (non-hydrogen) atoms. The molecule has 80 valence electrons. The molecular formula is C14H12FN. The second kappa shape index (κ2) is 4.19. The van der Waals surface area contributed by atoms with Crippen molar-refractivity contribution in [3.8, 4) is 0 Å². The van der Waals surface area contributed by atoms with Crippen LogP contribution in [0.2, 0.25) is 0 Å². The van der Waals surface area contributed by atoms with Crippen molar-refractivity contribution in [1.29, 1.82) is 0 Å². The fourth-order valence-corrected chi connectivity index (χ4v) is 1.64. The molecule has 1 heterocycles. The summed E-state index contributed by atoms with van der Waals surface area (Å²) in [5, 5.41) is 2.51. The molecule has 0 bridgehead atoms. The summed E-state index contributed by atoms with van der Waals surface area (Å²) in [6.07, 6.45) is 4.15. The van der Waals surface area contributed by atoms with E-state index in [1.165, 1.54) is 18.2 Å². The molecule has 0 spiro atoms. The molecule has 2 rings (SSSR count). The maximum Gasteiger partial charge on any atom is 0.125 e. The number of hydrogen-bond acceptors (Lipinski definition) is 0. The van der Waals surface area contributed by atoms with Crippen LogP contribution < -0.4 is 10.6 Å². The Kier molecular flexibility index (Phi) is 2.73. The van der Waals surface area contributed by atoms with Crippen molar-refractivity contribution in [1.82, 2.24) is 4.98 Å². The van der Waals surface area contributed by atoms with Crippen LogP contribution in [-0.4, -0.2) is 4.98 Å². The second-order valence-electron chi connectivity index (χ2n) is 3.49. The van der Waals surface area contributed by atoms with E-state index < -0.39 is 0 Å². The molecule has 0 atom stereocenters. The molecule has 1 aromatic carbocycles. The van der Waals surface area contributed by atoms with Crippen molar-refractivity contribution in [2.75, 3.05) is 0 Å². The van der Waals surface area contributed by atoms with Crippen molar-refractivity contribution in [2.45, 2.75) is 0 Å². The molecule has 2 aromatic rings. The van der Waals surface area contributed by atoms with E-state index in [1.807, 2.05) is 24.3 Å². The number of rotatable bonds is 2. The molecule has 0 saturated carbocycles. The van der Waals surface area contributed by atoms with Crippen LogP contribution in [0.1, 0.15) is 0 Å². The Morgan fingerprint density at radius 2 is 2.06 bits per heavy atom. The van der Waals surface area contributed by atoms with Gasteiger partial charge in [-0.3, -0.25) is 0 Å². The van der Waals surface area contributed by atoms with Gasteiger partial charge in [0.15, 0.2) is 0 Å². The Morgan fingerprint density at radius 3 is 2.75 bits per heavy atom. The number of aromatic nitrogens is 1. The minimum absolute atomic E-state index is 0.341. The zero-order valence-electron chi connectivity index (χ0n) is 8.83. The fraction of sp³-hybridized carbons (Fsp3) is 0. The third-order valence-corrected chi connectivity index (χ3v) is 2.41. The number of H-pyrrole nitrogens is 1. The van der Waals surface area contributed by atoms with Crippen LogP contribution in [0.4, 0.5) is 4.39 Å². The number of hydrogen-bond donors (Lipinski definition) is 1. The highest BCUT2D eigenvalue weighted by Crippen LogP contribution is 2.04. The lowest BCUT2D eigenvalue weighted by Gasteiger charge is -1.84. The van der Waals surface area contributed by atoms with E-state index in [1.54, 1.807) is 0 Å². The number of fused-ring (bicyclic) bond motifs is 1. The first-order valence-corrected chi connectivity index (χ1v) is 4.98. The van der Waals surface area contributed by atoms with Gasteiger partial charge in [-0.25, -0.2) is 4.39 Å². The monoisotopic (exact) mass is 213 g/mol. The van der Waals surface area contributed by atoms with Crippen molar-refractivity contribution in [3.63, 3.8) is 0 Å². The van der Waals surface area contributed by atoms with Gasteiger partial charge < -0.3 is 4.98 Å². The summed E-state index contributed by atoms with van der Waals surface area (Å²) in [6.45, 7) is 7.38. The SMILES string of the molecule is C=C/C=C(F)\C=c1\[nH]c2ccccc2c1=C. The van der Waals surface area contributed by atoms with E-state index in [2.05, 4.69) is 18.1 Å². The summed E-state index contributed by atoms with van der Waals surface area (Å²) >= 11 is 0. The number of allylic oxidation sites excluding steroid dienone is 3. The molecule has 1 nitrogen and oxygen atoms in total. The van der Waals surface area contributed by atoms with Crippen LogP contribution in [-0.2, 0) is 0 Å². The Bertz CT molecular complexity index is 662. The normalized spacial score (nSPS) is 13.3. The summed E-state index contributed by atoms with van der Waals surface area (Å²) in [4.78, 5) is 3.12. The lowest BCUT2D eigenvalue weighted by molar-refractivity contribution is 0.679. The van der Waals surface area contributed by atoms with Crippen LogP contribution in [0.3, 0.4) is 0 Å². The van der Waals surface area contributed by atoms with Crippen molar-refractivity contribution < 1.29 is 4.39 Å². The van der Waals surface area contributed by atoms with E-state index >= 15 is 0 Å². The molecule has 0 aliphatic heterocycles. The average molecular weight is 213 g/mol. The highest BCUT2D eigenvalue weighted by atomic mass is 19.1. The lowest BCUT2D eigenvalue weighted by atomic mass is 10.2. The van der Waals surface area contributed by atoms with Gasteiger partial charge in [-0.1, -0.05) is 37.4 Å². The smallest absolute Gasteiger partial charge is 0.125 e. The van der Waals surface area contributed by atoms with Gasteiger partial charge in [0.2, 0.25) is 0 Å². The van der Waals surface area contributed by atoms with Gasteiger partial charge in [0.1, 0.15) is 5.83 Å². The van der Waals surface area contributed by atoms with Gasteiger partial charge >= 0.3 is 0 Å². The molecule has 0 aliphatic carbocycles. The predicted octanol–water partition coefficient (Wildman–Crippen LogP) is 2.40. The topological polar surface area (TPSA) is 15.8 Å². The van der Waals surface area contributed by atoms with Crippen LogP contribution in [0, 0.1) is 0 Å². The fourth-order valence-electron chi connectivity index (χ4n) is 1.64. The summed E-state index contributed by atoms with van der Waals surface area (Å²) in [6, 6.07) is 7.76. The summed E-state index contributed by atoms with van der Waals surface area (Å²) in [7, 11) is 0. The molecule has 0 fully saturated rings. The molecule has 1 aromatic heterocycles. The standard InChI is InChI=1S/C14H12FN/c1-3-6-11(15)9-14-10(2)12-7-4-5-8-13(12)16-14/h3-9,16H,1-2H2/b11-6+,14-9+. The van der Waals surface area contributed by atoms with E-state index in [4.69, 9.17) is 0 Å². The summed E-state index contributed by atoms with van der Waals surface area (Å²) < 4.78 is 13.3. The molecule has 0 saturated heterocycles. The lowest BCUT2D eigenvalue weighted by Crippen LogP contribution is -2.20. The van der Waals surface area contributed by atoms with Crippen molar-refractivity contribution >= 4 is 23.6 Å². The molecular weight excluding hydrogens is 201 g/mol. The Hall–Kier alpha value is -2.09. The minimum atomic E-state index is -0.341. The Balaban J connectivity index is 2.71. The van der Waals surface area contributed by atoms with Crippen LogP contribution in [0.25, 0.3) is 23.6 Å². The average Bonchev–Trinajstić information content (AvgIpc) is 2.57. The van der Waals surface area contributed by atoms with E-state index in [0.29, 0.717) is 5.35 Å². The van der Waals surface area contributed by atoms with E-state index in [-0.39, 0.29) is 5.83 Å². The summed E-state index contributed by atoms with van der Waals surface area (Å²) in [5.74, 6) is -0.341. The quantitative estimate of drug-likeness (QED) is 0.737. The maximum absolute atomic E-state index is 13.3. The van der Waals surface area contributed by atoms with Gasteiger partial charge in [0, 0.05) is 21.5 Å². The number of nitrogens with one attached hydrogen (secondary N) is 1. The highest BCUT2D eigenvalue weighted by molar-refractivity contribution is 5.80. The largest absolute Gasteiger partial charge is 0.354 e. The first-order valence-electron chi connectivity index (χ1n) is 4.98. The third kappa shape index (κ3) is 1.82. The number of benzene rings is 1. The third-order valence-electron chi connectivity index (χ3n) is 2.41. The van der Waals surface area contributed by atoms with Gasteiger partial charge in [-0.15, -0.1) is 0 Å². The van der Waals surface area contributed by atoms with E-state index in [0.717, 1.165) is 16.1 Å². The van der Waals surface area contributed by atoms with Gasteiger partial charge in [0.05, 0.1) is 0 Å². The molecule has 0 radical (unpaired) electrons. The molecule has 0 aliphatic rings. The zero-order chi connectivity index (χ0) is 11.5. The van der Waals surface area contributed by atoms with Crippen molar-refractivity contribution in [3.05, 3.63) is 59.4 Å². The molecule has 1 N–H and O–H groups in total. The zero-order valence-corrected chi connectivity index (χ0v) is 8.83. The Labute approximate surface area is 92.9 Å². The first-order chi connectivity index (χ1) is 7.72. The highest BCUT2D eigenvalue weighted by Gasteiger charge is 1.97. The molecule has 0 unspecified atom stereocenters. The number of aromatic amines is 1. The Morgan fingerprint density at radius 1 is 1.31 bits per heavy atom. The van der Waals surface area contributed by atoms with Gasteiger partial charge in [0.25, 0.3) is 0 Å². The van der Waals surface area contributed by atoms with Crippen LogP contribution >= 0.6 is 0 Å². The minimum Gasteiger partial charge on any atom is -0.354 e. The number of para-hydroxylation sites is 1. The number of halogens is 1.